The fourth-order valence-electron chi connectivity index (χ4n) is 1.02. The van der Waals surface area contributed by atoms with E-state index >= 15 is 0 Å². The van der Waals surface area contributed by atoms with Crippen molar-refractivity contribution in [2.45, 2.75) is 0 Å². The Morgan fingerprint density at radius 3 is 2.93 bits per heavy atom. The molecule has 1 heterocycles. The van der Waals surface area contributed by atoms with E-state index in [1.54, 1.807) is 12.1 Å². The lowest BCUT2D eigenvalue weighted by Gasteiger charge is -2.03. The maximum atomic E-state index is 13.2. The van der Waals surface area contributed by atoms with E-state index in [4.69, 9.17) is 12.2 Å². The topological polar surface area (TPSA) is 46.5 Å². The van der Waals surface area contributed by atoms with Gasteiger partial charge in [0.05, 0.1) is 9.26 Å². The first-order valence-electron chi connectivity index (χ1n) is 3.64. The van der Waals surface area contributed by atoms with Gasteiger partial charge in [0.2, 0.25) is 4.77 Å². The van der Waals surface area contributed by atoms with Crippen LogP contribution in [-0.4, -0.2) is 20.2 Å². The summed E-state index contributed by atoms with van der Waals surface area (Å²) in [6.45, 7) is 0. The quantitative estimate of drug-likeness (QED) is 0.646. The number of nitrogens with zero attached hydrogens (tertiary/aromatic N) is 3. The van der Waals surface area contributed by atoms with E-state index in [0.717, 1.165) is 0 Å². The Hall–Kier alpha value is -0.830. The molecular formula is C7H4FIN4S. The molecule has 4 nitrogen and oxygen atoms in total. The van der Waals surface area contributed by atoms with Crippen LogP contribution < -0.4 is 0 Å². The van der Waals surface area contributed by atoms with Gasteiger partial charge in [-0.1, -0.05) is 16.4 Å². The van der Waals surface area contributed by atoms with E-state index in [9.17, 15) is 4.39 Å². The predicted molar refractivity (Wildman–Crippen MR) is 59.2 cm³/mol. The lowest BCUT2D eigenvalue weighted by molar-refractivity contribution is 0.616. The summed E-state index contributed by atoms with van der Waals surface area (Å²) in [5.74, 6) is -0.292. The van der Waals surface area contributed by atoms with Crippen LogP contribution in [0.1, 0.15) is 0 Å². The molecule has 0 fully saturated rings. The molecule has 0 aliphatic carbocycles. The molecule has 0 spiro atoms. The van der Waals surface area contributed by atoms with Crippen LogP contribution in [0.25, 0.3) is 5.69 Å². The molecule has 0 aliphatic heterocycles. The van der Waals surface area contributed by atoms with Gasteiger partial charge in [0.25, 0.3) is 0 Å². The number of rotatable bonds is 1. The fourth-order valence-corrected chi connectivity index (χ4v) is 1.80. The van der Waals surface area contributed by atoms with E-state index in [1.807, 2.05) is 22.6 Å². The largest absolute Gasteiger partial charge is 0.242 e. The summed E-state index contributed by atoms with van der Waals surface area (Å²) in [5.41, 5.74) is 0.612. The molecule has 2 aromatic rings. The smallest absolute Gasteiger partial charge is 0.208 e. The van der Waals surface area contributed by atoms with Crippen molar-refractivity contribution in [3.8, 4) is 5.69 Å². The zero-order valence-electron chi connectivity index (χ0n) is 6.74. The summed E-state index contributed by atoms with van der Waals surface area (Å²) in [6, 6.07) is 4.73. The second-order valence-electron chi connectivity index (χ2n) is 2.49. The summed E-state index contributed by atoms with van der Waals surface area (Å²) in [7, 11) is 0. The van der Waals surface area contributed by atoms with Gasteiger partial charge < -0.3 is 0 Å². The number of aromatic amines is 1. The number of halogens is 2. The average molecular weight is 322 g/mol. The van der Waals surface area contributed by atoms with Crippen LogP contribution in [0.4, 0.5) is 4.39 Å². The summed E-state index contributed by atoms with van der Waals surface area (Å²) in [6.07, 6.45) is 0. The molecule has 72 valence electrons. The van der Waals surface area contributed by atoms with Crippen LogP contribution in [0, 0.1) is 14.2 Å². The van der Waals surface area contributed by atoms with Crippen LogP contribution in [0.15, 0.2) is 18.2 Å². The molecule has 1 aromatic heterocycles. The minimum absolute atomic E-state index is 0.272. The number of hydrogen-bond acceptors (Lipinski definition) is 3. The molecular weight excluding hydrogens is 318 g/mol. The van der Waals surface area contributed by atoms with Crippen molar-refractivity contribution in [1.29, 1.82) is 0 Å². The molecule has 0 saturated carbocycles. The normalized spacial score (nSPS) is 10.4. The van der Waals surface area contributed by atoms with Crippen molar-refractivity contribution in [2.75, 3.05) is 0 Å². The van der Waals surface area contributed by atoms with Gasteiger partial charge in [0.1, 0.15) is 5.82 Å². The van der Waals surface area contributed by atoms with Crippen LogP contribution in [0.5, 0.6) is 0 Å². The van der Waals surface area contributed by atoms with Crippen LogP contribution in [0.3, 0.4) is 0 Å². The highest BCUT2D eigenvalue weighted by Crippen LogP contribution is 2.18. The molecule has 0 unspecified atom stereocenters. The van der Waals surface area contributed by atoms with Gasteiger partial charge in [-0.3, -0.25) is 0 Å². The summed E-state index contributed by atoms with van der Waals surface area (Å²) in [4.78, 5) is 0. The van der Waals surface area contributed by atoms with Crippen LogP contribution in [0.2, 0.25) is 0 Å². The highest BCUT2D eigenvalue weighted by molar-refractivity contribution is 14.1. The van der Waals surface area contributed by atoms with Crippen LogP contribution in [-0.2, 0) is 0 Å². The average Bonchev–Trinajstić information content (AvgIpc) is 2.57. The number of aromatic nitrogens is 4. The number of H-pyrrole nitrogens is 1. The Balaban J connectivity index is 2.69. The third-order valence-electron chi connectivity index (χ3n) is 1.64. The number of hydrogen-bond donors (Lipinski definition) is 1. The number of nitrogens with one attached hydrogen (secondary N) is 1. The van der Waals surface area contributed by atoms with Gasteiger partial charge in [-0.2, -0.15) is 5.21 Å². The molecule has 7 heteroatoms. The lowest BCUT2D eigenvalue weighted by Crippen LogP contribution is -2.01. The maximum Gasteiger partial charge on any atom is 0.242 e. The Morgan fingerprint density at radius 1 is 1.50 bits per heavy atom. The number of benzene rings is 1. The van der Waals surface area contributed by atoms with Gasteiger partial charge in [-0.25, -0.2) is 9.07 Å². The van der Waals surface area contributed by atoms with Crippen molar-refractivity contribution in [3.05, 3.63) is 32.4 Å². The van der Waals surface area contributed by atoms with Crippen molar-refractivity contribution >= 4 is 34.8 Å². The van der Waals surface area contributed by atoms with E-state index in [-0.39, 0.29) is 10.6 Å². The Morgan fingerprint density at radius 2 is 2.29 bits per heavy atom. The van der Waals surface area contributed by atoms with Crippen molar-refractivity contribution in [2.24, 2.45) is 0 Å². The summed E-state index contributed by atoms with van der Waals surface area (Å²) >= 11 is 6.81. The van der Waals surface area contributed by atoms with Crippen molar-refractivity contribution in [3.63, 3.8) is 0 Å². The van der Waals surface area contributed by atoms with Crippen molar-refractivity contribution in [1.82, 2.24) is 20.2 Å². The zero-order valence-corrected chi connectivity index (χ0v) is 9.71. The first-order valence-corrected chi connectivity index (χ1v) is 5.13. The second-order valence-corrected chi connectivity index (χ2v) is 3.93. The monoisotopic (exact) mass is 322 g/mol. The lowest BCUT2D eigenvalue weighted by atomic mass is 10.3. The highest BCUT2D eigenvalue weighted by atomic mass is 127. The standard InChI is InChI=1S/C7H4FIN4S/c8-4-2-1-3-5(6(4)9)13-7(14)10-11-12-13/h1-3H,(H,10,12,14). The third-order valence-corrected chi connectivity index (χ3v) is 2.98. The molecule has 1 N–H and O–H groups in total. The van der Waals surface area contributed by atoms with E-state index < -0.39 is 0 Å². The van der Waals surface area contributed by atoms with Crippen molar-refractivity contribution < 1.29 is 4.39 Å². The van der Waals surface area contributed by atoms with E-state index in [1.165, 1.54) is 10.7 Å². The molecule has 0 bridgehead atoms. The highest BCUT2D eigenvalue weighted by Gasteiger charge is 2.08. The van der Waals surface area contributed by atoms with Crippen LogP contribution >= 0.6 is 34.8 Å². The Labute approximate surface area is 97.3 Å². The zero-order chi connectivity index (χ0) is 10.1. The molecule has 2 rings (SSSR count). The van der Waals surface area contributed by atoms with Gasteiger partial charge in [0, 0.05) is 0 Å². The summed E-state index contributed by atoms with van der Waals surface area (Å²) < 4.78 is 15.4. The van der Waals surface area contributed by atoms with Gasteiger partial charge in [-0.15, -0.1) is 0 Å². The first-order chi connectivity index (χ1) is 6.70. The maximum absolute atomic E-state index is 13.2. The molecule has 0 saturated heterocycles. The molecule has 0 aliphatic rings. The van der Waals surface area contributed by atoms with E-state index in [0.29, 0.717) is 9.26 Å². The predicted octanol–water partition coefficient (Wildman–Crippen LogP) is 2.07. The Kier molecular flexibility index (Phi) is 2.59. The SMILES string of the molecule is Fc1cccc(-n2[nH]nnc2=S)c1I. The molecule has 0 amide bonds. The molecule has 0 atom stereocenters. The number of tetrazole rings is 1. The van der Waals surface area contributed by atoms with Gasteiger partial charge in [0.15, 0.2) is 0 Å². The minimum atomic E-state index is -0.292. The molecule has 0 radical (unpaired) electrons. The third kappa shape index (κ3) is 1.57. The van der Waals surface area contributed by atoms with Gasteiger partial charge >= 0.3 is 0 Å². The van der Waals surface area contributed by atoms with Gasteiger partial charge in [-0.05, 0) is 46.9 Å². The molecule has 14 heavy (non-hydrogen) atoms. The second kappa shape index (κ2) is 3.73. The van der Waals surface area contributed by atoms with E-state index in [2.05, 4.69) is 15.5 Å². The fraction of sp³-hybridized carbons (Fsp3) is 0. The minimum Gasteiger partial charge on any atom is -0.208 e. The molecule has 1 aromatic carbocycles. The first kappa shape index (κ1) is 9.71. The Bertz CT molecular complexity index is 520. The summed E-state index contributed by atoms with van der Waals surface area (Å²) in [5, 5.41) is 9.71.